The van der Waals surface area contributed by atoms with Crippen molar-refractivity contribution in [2.45, 2.75) is 51.7 Å². The van der Waals surface area contributed by atoms with Gasteiger partial charge in [-0.05, 0) is 33.1 Å². The standard InChI is InChI=1S/C14H23N3O2S/c1-14(2,3)19-13(18)17-10(7-9-5-6-9)11-8-20-12(15-4)16-11/h8-10H,5-7H2,1-4H3,(H,15,16)(H,17,18)/t10-/m1/s1. The molecule has 1 aromatic rings. The minimum atomic E-state index is -0.480. The number of anilines is 1. The molecule has 1 amide bonds. The normalized spacial score (nSPS) is 16.6. The van der Waals surface area contributed by atoms with Crippen LogP contribution in [0.2, 0.25) is 0 Å². The fourth-order valence-electron chi connectivity index (χ4n) is 1.95. The second-order valence-electron chi connectivity index (χ2n) is 6.21. The summed E-state index contributed by atoms with van der Waals surface area (Å²) < 4.78 is 5.33. The van der Waals surface area contributed by atoms with Crippen LogP contribution in [0.1, 0.15) is 51.8 Å². The number of rotatable bonds is 5. The van der Waals surface area contributed by atoms with Crippen molar-refractivity contribution in [2.24, 2.45) is 5.92 Å². The molecule has 0 unspecified atom stereocenters. The number of carbonyl (C=O) groups excluding carboxylic acids is 1. The fourth-order valence-corrected chi connectivity index (χ4v) is 2.68. The van der Waals surface area contributed by atoms with Crippen LogP contribution >= 0.6 is 11.3 Å². The van der Waals surface area contributed by atoms with Crippen molar-refractivity contribution in [1.29, 1.82) is 0 Å². The van der Waals surface area contributed by atoms with Gasteiger partial charge in [0.15, 0.2) is 5.13 Å². The zero-order valence-electron chi connectivity index (χ0n) is 12.5. The van der Waals surface area contributed by atoms with Gasteiger partial charge in [0.1, 0.15) is 5.60 Å². The number of amides is 1. The fraction of sp³-hybridized carbons (Fsp3) is 0.714. The Morgan fingerprint density at radius 1 is 1.55 bits per heavy atom. The molecule has 0 bridgehead atoms. The number of ether oxygens (including phenoxy) is 1. The zero-order chi connectivity index (χ0) is 14.8. The van der Waals surface area contributed by atoms with Gasteiger partial charge in [0, 0.05) is 12.4 Å². The van der Waals surface area contributed by atoms with E-state index in [0.717, 1.165) is 17.2 Å². The summed E-state index contributed by atoms with van der Waals surface area (Å²) in [5, 5.41) is 8.84. The molecule has 20 heavy (non-hydrogen) atoms. The number of hydrogen-bond acceptors (Lipinski definition) is 5. The summed E-state index contributed by atoms with van der Waals surface area (Å²) in [5.41, 5.74) is 0.434. The SMILES string of the molecule is CNc1nc([C@@H](CC2CC2)NC(=O)OC(C)(C)C)cs1. The second-order valence-corrected chi connectivity index (χ2v) is 7.06. The van der Waals surface area contributed by atoms with E-state index in [2.05, 4.69) is 15.6 Å². The number of nitrogens with one attached hydrogen (secondary N) is 2. The lowest BCUT2D eigenvalue weighted by molar-refractivity contribution is 0.0498. The van der Waals surface area contributed by atoms with Gasteiger partial charge < -0.3 is 15.4 Å². The predicted octanol–water partition coefficient (Wildman–Crippen LogP) is 3.55. The Labute approximate surface area is 124 Å². The summed E-state index contributed by atoms with van der Waals surface area (Å²) in [7, 11) is 1.85. The first-order valence-corrected chi connectivity index (χ1v) is 7.88. The number of carbonyl (C=O) groups is 1. The molecule has 1 fully saturated rings. The van der Waals surface area contributed by atoms with Crippen molar-refractivity contribution < 1.29 is 9.53 Å². The molecule has 0 aliphatic heterocycles. The van der Waals surface area contributed by atoms with Crippen LogP contribution in [0, 0.1) is 5.92 Å². The number of alkyl carbamates (subject to hydrolysis) is 1. The van der Waals surface area contributed by atoms with Crippen molar-refractivity contribution in [1.82, 2.24) is 10.3 Å². The maximum absolute atomic E-state index is 11.9. The van der Waals surface area contributed by atoms with Crippen molar-refractivity contribution in [3.63, 3.8) is 0 Å². The molecule has 1 atom stereocenters. The maximum Gasteiger partial charge on any atom is 0.408 e. The van der Waals surface area contributed by atoms with Crippen molar-refractivity contribution in [3.8, 4) is 0 Å². The lowest BCUT2D eigenvalue weighted by atomic mass is 10.1. The largest absolute Gasteiger partial charge is 0.444 e. The highest BCUT2D eigenvalue weighted by Gasteiger charge is 2.29. The lowest BCUT2D eigenvalue weighted by Gasteiger charge is -2.23. The molecule has 112 valence electrons. The summed E-state index contributed by atoms with van der Waals surface area (Å²) in [6.07, 6.45) is 3.05. The quantitative estimate of drug-likeness (QED) is 0.872. The Morgan fingerprint density at radius 3 is 2.75 bits per heavy atom. The van der Waals surface area contributed by atoms with E-state index in [1.807, 2.05) is 33.2 Å². The Bertz CT molecular complexity index is 463. The van der Waals surface area contributed by atoms with Crippen LogP contribution in [0.4, 0.5) is 9.93 Å². The molecule has 5 nitrogen and oxygen atoms in total. The summed E-state index contributed by atoms with van der Waals surface area (Å²) in [6, 6.07) is -0.0595. The van der Waals surface area contributed by atoms with Crippen LogP contribution in [-0.4, -0.2) is 23.7 Å². The lowest BCUT2D eigenvalue weighted by Crippen LogP contribution is -2.35. The highest BCUT2D eigenvalue weighted by Crippen LogP contribution is 2.38. The van der Waals surface area contributed by atoms with Crippen LogP contribution in [-0.2, 0) is 4.74 Å². The maximum atomic E-state index is 11.9. The van der Waals surface area contributed by atoms with E-state index in [9.17, 15) is 4.79 Å². The van der Waals surface area contributed by atoms with Gasteiger partial charge in [-0.15, -0.1) is 11.3 Å². The average molecular weight is 297 g/mol. The molecule has 6 heteroatoms. The van der Waals surface area contributed by atoms with Crippen molar-refractivity contribution in [3.05, 3.63) is 11.1 Å². The Morgan fingerprint density at radius 2 is 2.25 bits per heavy atom. The van der Waals surface area contributed by atoms with Gasteiger partial charge in [-0.3, -0.25) is 0 Å². The third-order valence-corrected chi connectivity index (χ3v) is 3.93. The van der Waals surface area contributed by atoms with E-state index in [0.29, 0.717) is 5.92 Å². The average Bonchev–Trinajstić information content (AvgIpc) is 3.01. The molecule has 0 spiro atoms. The number of nitrogens with zero attached hydrogens (tertiary/aromatic N) is 1. The van der Waals surface area contributed by atoms with E-state index < -0.39 is 5.60 Å². The van der Waals surface area contributed by atoms with Crippen LogP contribution in [0.25, 0.3) is 0 Å². The van der Waals surface area contributed by atoms with Gasteiger partial charge in [-0.1, -0.05) is 12.8 Å². The first-order chi connectivity index (χ1) is 9.37. The third kappa shape index (κ3) is 4.67. The van der Waals surface area contributed by atoms with Crippen LogP contribution < -0.4 is 10.6 Å². The van der Waals surface area contributed by atoms with Gasteiger partial charge in [-0.25, -0.2) is 9.78 Å². The van der Waals surface area contributed by atoms with E-state index >= 15 is 0 Å². The summed E-state index contributed by atoms with van der Waals surface area (Å²) in [5.74, 6) is 0.703. The van der Waals surface area contributed by atoms with E-state index in [4.69, 9.17) is 4.74 Å². The van der Waals surface area contributed by atoms with E-state index in [1.165, 1.54) is 12.8 Å². The van der Waals surface area contributed by atoms with E-state index in [1.54, 1.807) is 11.3 Å². The molecule has 0 radical (unpaired) electrons. The molecular formula is C14H23N3O2S. The predicted molar refractivity (Wildman–Crippen MR) is 81.1 cm³/mol. The Balaban J connectivity index is 2.01. The number of hydrogen-bond donors (Lipinski definition) is 2. The van der Waals surface area contributed by atoms with Gasteiger partial charge in [0.05, 0.1) is 11.7 Å². The first-order valence-electron chi connectivity index (χ1n) is 7.00. The molecule has 1 aliphatic carbocycles. The summed E-state index contributed by atoms with van der Waals surface area (Å²) >= 11 is 1.55. The van der Waals surface area contributed by atoms with Crippen molar-refractivity contribution >= 4 is 22.6 Å². The molecule has 1 aliphatic rings. The Hall–Kier alpha value is -1.30. The minimum absolute atomic E-state index is 0.0595. The van der Waals surface area contributed by atoms with Crippen molar-refractivity contribution in [2.75, 3.05) is 12.4 Å². The topological polar surface area (TPSA) is 63.2 Å². The summed E-state index contributed by atoms with van der Waals surface area (Å²) in [4.78, 5) is 16.4. The van der Waals surface area contributed by atoms with Gasteiger partial charge in [0.25, 0.3) is 0 Å². The zero-order valence-corrected chi connectivity index (χ0v) is 13.3. The molecule has 0 saturated heterocycles. The van der Waals surface area contributed by atoms with Gasteiger partial charge in [-0.2, -0.15) is 0 Å². The smallest absolute Gasteiger partial charge is 0.408 e. The monoisotopic (exact) mass is 297 g/mol. The molecule has 2 rings (SSSR count). The molecule has 1 heterocycles. The van der Waals surface area contributed by atoms with E-state index in [-0.39, 0.29) is 12.1 Å². The highest BCUT2D eigenvalue weighted by molar-refractivity contribution is 7.13. The molecule has 2 N–H and O–H groups in total. The van der Waals surface area contributed by atoms with Crippen LogP contribution in [0.3, 0.4) is 0 Å². The molecule has 1 saturated carbocycles. The number of thiazole rings is 1. The molecule has 0 aromatic carbocycles. The highest BCUT2D eigenvalue weighted by atomic mass is 32.1. The summed E-state index contributed by atoms with van der Waals surface area (Å²) in [6.45, 7) is 5.60. The van der Waals surface area contributed by atoms with Gasteiger partial charge >= 0.3 is 6.09 Å². The van der Waals surface area contributed by atoms with Crippen LogP contribution in [0.15, 0.2) is 5.38 Å². The number of aromatic nitrogens is 1. The second kappa shape index (κ2) is 5.99. The molecular weight excluding hydrogens is 274 g/mol. The van der Waals surface area contributed by atoms with Crippen LogP contribution in [0.5, 0.6) is 0 Å². The Kier molecular flexibility index (Phi) is 4.52. The first kappa shape index (κ1) is 15.1. The van der Waals surface area contributed by atoms with Gasteiger partial charge in [0.2, 0.25) is 0 Å². The minimum Gasteiger partial charge on any atom is -0.444 e. The molecule has 1 aromatic heterocycles. The third-order valence-electron chi connectivity index (χ3n) is 3.05.